The number of aromatic nitrogens is 2. The number of ether oxygens (including phenoxy) is 1. The molecular weight excluding hydrogens is 240 g/mol. The zero-order chi connectivity index (χ0) is 14.0. The Kier molecular flexibility index (Phi) is 4.24. The molecule has 0 saturated carbocycles. The predicted octanol–water partition coefficient (Wildman–Crippen LogP) is 2.04. The first-order valence-corrected chi connectivity index (χ1v) is 6.92. The molecule has 5 heteroatoms. The minimum atomic E-state index is 0.255. The van der Waals surface area contributed by atoms with E-state index in [9.17, 15) is 0 Å². The van der Waals surface area contributed by atoms with Crippen LogP contribution in [0.2, 0.25) is 0 Å². The van der Waals surface area contributed by atoms with Gasteiger partial charge in [-0.15, -0.1) is 0 Å². The number of nitrogens with two attached hydrogens (primary N) is 1. The summed E-state index contributed by atoms with van der Waals surface area (Å²) in [6.45, 7) is 8.35. The topological polar surface area (TPSA) is 64.3 Å². The molecule has 1 aliphatic heterocycles. The van der Waals surface area contributed by atoms with Crippen LogP contribution in [0.4, 0.5) is 11.6 Å². The smallest absolute Gasteiger partial charge is 0.137 e. The van der Waals surface area contributed by atoms with Crippen molar-refractivity contribution in [1.82, 2.24) is 9.97 Å². The molecule has 0 aliphatic carbocycles. The van der Waals surface area contributed by atoms with Crippen LogP contribution in [0.25, 0.3) is 0 Å². The molecule has 1 fully saturated rings. The maximum absolute atomic E-state index is 6.01. The van der Waals surface area contributed by atoms with Crippen molar-refractivity contribution >= 4 is 11.6 Å². The molecule has 1 aliphatic rings. The number of anilines is 2. The Balaban J connectivity index is 2.29. The minimum absolute atomic E-state index is 0.255. The third-order valence-corrected chi connectivity index (χ3v) is 3.96. The van der Waals surface area contributed by atoms with Gasteiger partial charge < -0.3 is 15.4 Å². The summed E-state index contributed by atoms with van der Waals surface area (Å²) in [6.07, 6.45) is 2.92. The number of nitrogen functional groups attached to an aromatic ring is 1. The molecule has 2 unspecified atom stereocenters. The number of rotatable bonds is 3. The monoisotopic (exact) mass is 264 g/mol. The van der Waals surface area contributed by atoms with Gasteiger partial charge in [-0.25, -0.2) is 9.97 Å². The standard InChI is InChI=1S/C14H24N4O/c1-9(2)12-13(15)16-8-17-14(12)18-6-5-10(3)11(7-18)19-4/h8-11H,5-7H2,1-4H3,(H2,15,16,17). The van der Waals surface area contributed by atoms with Crippen LogP contribution in [0, 0.1) is 5.92 Å². The number of methoxy groups -OCH3 is 1. The van der Waals surface area contributed by atoms with E-state index in [1.54, 1.807) is 13.4 Å². The molecule has 2 atom stereocenters. The SMILES string of the molecule is COC1CN(c2ncnc(N)c2C(C)C)CCC1C. The molecule has 1 aromatic rings. The van der Waals surface area contributed by atoms with E-state index >= 15 is 0 Å². The molecule has 5 nitrogen and oxygen atoms in total. The van der Waals surface area contributed by atoms with E-state index in [2.05, 4.69) is 35.6 Å². The molecule has 0 bridgehead atoms. The second-order valence-electron chi connectivity index (χ2n) is 5.64. The number of hydrogen-bond donors (Lipinski definition) is 1. The van der Waals surface area contributed by atoms with E-state index in [-0.39, 0.29) is 6.10 Å². The van der Waals surface area contributed by atoms with Gasteiger partial charge in [0.1, 0.15) is 18.0 Å². The van der Waals surface area contributed by atoms with Crippen LogP contribution in [0.3, 0.4) is 0 Å². The molecular formula is C14H24N4O. The van der Waals surface area contributed by atoms with Crippen LogP contribution >= 0.6 is 0 Å². The molecule has 2 N–H and O–H groups in total. The Morgan fingerprint density at radius 3 is 2.79 bits per heavy atom. The molecule has 2 rings (SSSR count). The van der Waals surface area contributed by atoms with Crippen LogP contribution in [0.5, 0.6) is 0 Å². The first-order valence-electron chi connectivity index (χ1n) is 6.92. The van der Waals surface area contributed by atoms with Crippen LogP contribution < -0.4 is 10.6 Å². The van der Waals surface area contributed by atoms with Gasteiger partial charge in [0.05, 0.1) is 6.10 Å². The summed E-state index contributed by atoms with van der Waals surface area (Å²) in [5.74, 6) is 2.46. The highest BCUT2D eigenvalue weighted by Crippen LogP contribution is 2.32. The zero-order valence-corrected chi connectivity index (χ0v) is 12.3. The molecule has 1 aromatic heterocycles. The van der Waals surface area contributed by atoms with Crippen molar-refractivity contribution in [3.63, 3.8) is 0 Å². The van der Waals surface area contributed by atoms with Crippen molar-refractivity contribution in [2.45, 2.75) is 39.2 Å². The highest BCUT2D eigenvalue weighted by atomic mass is 16.5. The van der Waals surface area contributed by atoms with Gasteiger partial charge in [0, 0.05) is 25.8 Å². The highest BCUT2D eigenvalue weighted by molar-refractivity contribution is 5.58. The van der Waals surface area contributed by atoms with Gasteiger partial charge in [-0.1, -0.05) is 20.8 Å². The third kappa shape index (κ3) is 2.81. The minimum Gasteiger partial charge on any atom is -0.383 e. The van der Waals surface area contributed by atoms with E-state index in [4.69, 9.17) is 10.5 Å². The van der Waals surface area contributed by atoms with Gasteiger partial charge in [-0.05, 0) is 18.3 Å². The summed E-state index contributed by atoms with van der Waals surface area (Å²) < 4.78 is 5.57. The molecule has 2 heterocycles. The Bertz CT molecular complexity index is 435. The van der Waals surface area contributed by atoms with Gasteiger partial charge in [-0.3, -0.25) is 0 Å². The molecule has 0 amide bonds. The van der Waals surface area contributed by atoms with Crippen LogP contribution in [-0.4, -0.2) is 36.3 Å². The maximum Gasteiger partial charge on any atom is 0.137 e. The second kappa shape index (κ2) is 5.74. The number of nitrogens with zero attached hydrogens (tertiary/aromatic N) is 3. The summed E-state index contributed by atoms with van der Waals surface area (Å²) in [5, 5.41) is 0. The van der Waals surface area contributed by atoms with Crippen molar-refractivity contribution in [1.29, 1.82) is 0 Å². The second-order valence-corrected chi connectivity index (χ2v) is 5.64. The van der Waals surface area contributed by atoms with E-state index in [0.717, 1.165) is 30.9 Å². The molecule has 106 valence electrons. The van der Waals surface area contributed by atoms with Crippen LogP contribution in [-0.2, 0) is 4.74 Å². The Morgan fingerprint density at radius 2 is 2.16 bits per heavy atom. The number of hydrogen-bond acceptors (Lipinski definition) is 5. The quantitative estimate of drug-likeness (QED) is 0.905. The van der Waals surface area contributed by atoms with Crippen molar-refractivity contribution in [2.75, 3.05) is 30.8 Å². The lowest BCUT2D eigenvalue weighted by Gasteiger charge is -2.38. The fourth-order valence-corrected chi connectivity index (χ4v) is 2.74. The van der Waals surface area contributed by atoms with Crippen molar-refractivity contribution < 1.29 is 4.74 Å². The van der Waals surface area contributed by atoms with Crippen LogP contribution in [0.15, 0.2) is 6.33 Å². The first-order chi connectivity index (χ1) is 9.04. The number of piperidine rings is 1. The summed E-state index contributed by atoms with van der Waals surface area (Å²) in [7, 11) is 1.78. The van der Waals surface area contributed by atoms with E-state index in [1.807, 2.05) is 0 Å². The van der Waals surface area contributed by atoms with Crippen molar-refractivity contribution in [3.8, 4) is 0 Å². The lowest BCUT2D eigenvalue weighted by Crippen LogP contribution is -2.44. The average molecular weight is 264 g/mol. The van der Waals surface area contributed by atoms with E-state index in [0.29, 0.717) is 17.7 Å². The molecule has 0 spiro atoms. The largest absolute Gasteiger partial charge is 0.383 e. The van der Waals surface area contributed by atoms with Gasteiger partial charge in [0.2, 0.25) is 0 Å². The molecule has 19 heavy (non-hydrogen) atoms. The molecule has 1 saturated heterocycles. The van der Waals surface area contributed by atoms with E-state index in [1.165, 1.54) is 0 Å². The average Bonchev–Trinajstić information content (AvgIpc) is 2.38. The normalized spacial score (nSPS) is 23.9. The van der Waals surface area contributed by atoms with Gasteiger partial charge in [0.25, 0.3) is 0 Å². The fraction of sp³-hybridized carbons (Fsp3) is 0.714. The summed E-state index contributed by atoms with van der Waals surface area (Å²) >= 11 is 0. The summed E-state index contributed by atoms with van der Waals surface area (Å²) in [4.78, 5) is 10.9. The van der Waals surface area contributed by atoms with Gasteiger partial charge in [-0.2, -0.15) is 0 Å². The van der Waals surface area contributed by atoms with Crippen molar-refractivity contribution in [3.05, 3.63) is 11.9 Å². The van der Waals surface area contributed by atoms with Crippen molar-refractivity contribution in [2.24, 2.45) is 5.92 Å². The zero-order valence-electron chi connectivity index (χ0n) is 12.3. The lowest BCUT2D eigenvalue weighted by atomic mass is 9.95. The van der Waals surface area contributed by atoms with Gasteiger partial charge in [0.15, 0.2) is 0 Å². The molecule has 0 radical (unpaired) electrons. The lowest BCUT2D eigenvalue weighted by molar-refractivity contribution is 0.0496. The third-order valence-electron chi connectivity index (χ3n) is 3.96. The Morgan fingerprint density at radius 1 is 1.42 bits per heavy atom. The van der Waals surface area contributed by atoms with Gasteiger partial charge >= 0.3 is 0 Å². The fourth-order valence-electron chi connectivity index (χ4n) is 2.74. The Hall–Kier alpha value is -1.36. The van der Waals surface area contributed by atoms with Crippen LogP contribution in [0.1, 0.15) is 38.7 Å². The summed E-state index contributed by atoms with van der Waals surface area (Å²) in [6, 6.07) is 0. The first kappa shape index (κ1) is 14.1. The predicted molar refractivity (Wildman–Crippen MR) is 77.3 cm³/mol. The Labute approximate surface area is 115 Å². The van der Waals surface area contributed by atoms with E-state index < -0.39 is 0 Å². The summed E-state index contributed by atoms with van der Waals surface area (Å²) in [5.41, 5.74) is 7.06. The maximum atomic E-state index is 6.01. The highest BCUT2D eigenvalue weighted by Gasteiger charge is 2.29. The molecule has 0 aromatic carbocycles.